The van der Waals surface area contributed by atoms with Crippen molar-refractivity contribution in [3.8, 4) is 0 Å². The Morgan fingerprint density at radius 2 is 2.17 bits per heavy atom. The first-order valence-corrected chi connectivity index (χ1v) is 6.58. The maximum Gasteiger partial charge on any atom is 0.329 e. The first-order valence-electron chi connectivity index (χ1n) is 5.81. The van der Waals surface area contributed by atoms with E-state index in [9.17, 15) is 14.7 Å². The number of carbonyl (C=O) groups is 2. The molecule has 1 aromatic heterocycles. The van der Waals surface area contributed by atoms with E-state index in [-0.39, 0.29) is 5.91 Å². The highest BCUT2D eigenvalue weighted by Gasteiger charge is 2.44. The fraction of sp³-hybridized carbons (Fsp3) is 0.636. The second-order valence-corrected chi connectivity index (χ2v) is 5.43. The first-order chi connectivity index (χ1) is 8.47. The molecule has 7 heteroatoms. The molecule has 1 unspecified atom stereocenters. The Morgan fingerprint density at radius 3 is 2.72 bits per heavy atom. The molecular formula is C11H15N3O3S. The third-order valence-corrected chi connectivity index (χ3v) is 4.26. The fourth-order valence-corrected chi connectivity index (χ4v) is 2.83. The van der Waals surface area contributed by atoms with Crippen LogP contribution in [0.5, 0.6) is 0 Å². The molecule has 0 bridgehead atoms. The molecule has 0 radical (unpaired) electrons. The van der Waals surface area contributed by atoms with Crippen LogP contribution in [-0.2, 0) is 4.79 Å². The van der Waals surface area contributed by atoms with E-state index in [1.54, 1.807) is 13.8 Å². The molecule has 2 rings (SSSR count). The molecule has 1 aliphatic rings. The summed E-state index contributed by atoms with van der Waals surface area (Å²) in [6, 6.07) is 0. The Balaban J connectivity index is 2.33. The maximum absolute atomic E-state index is 12.4. The van der Waals surface area contributed by atoms with Gasteiger partial charge in [0.15, 0.2) is 0 Å². The van der Waals surface area contributed by atoms with E-state index in [2.05, 4.69) is 9.59 Å². The molecule has 0 aromatic carbocycles. The van der Waals surface area contributed by atoms with Gasteiger partial charge in [0.1, 0.15) is 10.4 Å². The number of rotatable bonds is 2. The third kappa shape index (κ3) is 1.98. The van der Waals surface area contributed by atoms with E-state index in [1.807, 2.05) is 0 Å². The predicted octanol–water partition coefficient (Wildman–Crippen LogP) is 1.32. The van der Waals surface area contributed by atoms with Crippen molar-refractivity contribution in [1.82, 2.24) is 14.5 Å². The summed E-state index contributed by atoms with van der Waals surface area (Å²) in [5.41, 5.74) is -0.561. The van der Waals surface area contributed by atoms with Crippen LogP contribution in [0.4, 0.5) is 0 Å². The van der Waals surface area contributed by atoms with Crippen LogP contribution in [0, 0.1) is 6.92 Å². The summed E-state index contributed by atoms with van der Waals surface area (Å²) in [7, 11) is 0. The van der Waals surface area contributed by atoms with Gasteiger partial charge in [-0.15, -0.1) is 5.10 Å². The topological polar surface area (TPSA) is 83.4 Å². The smallest absolute Gasteiger partial charge is 0.329 e. The van der Waals surface area contributed by atoms with Crippen LogP contribution in [0.15, 0.2) is 0 Å². The van der Waals surface area contributed by atoms with Gasteiger partial charge in [0, 0.05) is 6.54 Å². The number of carboxylic acids is 1. The molecule has 1 aliphatic heterocycles. The van der Waals surface area contributed by atoms with Crippen molar-refractivity contribution in [2.45, 2.75) is 38.6 Å². The Bertz CT molecular complexity index is 488. The van der Waals surface area contributed by atoms with Crippen LogP contribution in [0.1, 0.15) is 41.6 Å². The lowest BCUT2D eigenvalue weighted by Crippen LogP contribution is -2.57. The molecule has 18 heavy (non-hydrogen) atoms. The average Bonchev–Trinajstić information content (AvgIpc) is 2.75. The largest absolute Gasteiger partial charge is 0.480 e. The van der Waals surface area contributed by atoms with Crippen LogP contribution in [0.2, 0.25) is 0 Å². The number of aryl methyl sites for hydroxylation is 1. The van der Waals surface area contributed by atoms with Gasteiger partial charge >= 0.3 is 5.97 Å². The van der Waals surface area contributed by atoms with Gasteiger partial charge in [0.2, 0.25) is 0 Å². The lowest BCUT2D eigenvalue weighted by Gasteiger charge is -2.41. The molecule has 1 saturated heterocycles. The molecule has 98 valence electrons. The molecule has 1 aromatic rings. The second kappa shape index (κ2) is 4.64. The molecule has 1 fully saturated rings. The van der Waals surface area contributed by atoms with Crippen molar-refractivity contribution >= 4 is 23.4 Å². The van der Waals surface area contributed by atoms with Crippen molar-refractivity contribution in [1.29, 1.82) is 0 Å². The van der Waals surface area contributed by atoms with E-state index < -0.39 is 11.5 Å². The predicted molar refractivity (Wildman–Crippen MR) is 65.6 cm³/mol. The number of hydrogen-bond acceptors (Lipinski definition) is 5. The lowest BCUT2D eigenvalue weighted by atomic mass is 9.88. The van der Waals surface area contributed by atoms with Crippen LogP contribution in [0.25, 0.3) is 0 Å². The zero-order valence-electron chi connectivity index (χ0n) is 10.3. The standard InChI is InChI=1S/C11H15N3O3S/c1-7-8(18-13-12-7)9(15)14-6-4-3-5-11(14,2)10(16)17/h3-6H2,1-2H3,(H,16,17). The first kappa shape index (κ1) is 12.9. The summed E-state index contributed by atoms with van der Waals surface area (Å²) in [5, 5.41) is 13.2. The van der Waals surface area contributed by atoms with Crippen LogP contribution in [-0.4, -0.2) is 43.6 Å². The van der Waals surface area contributed by atoms with Crippen molar-refractivity contribution in [2.75, 3.05) is 6.54 Å². The summed E-state index contributed by atoms with van der Waals surface area (Å²) >= 11 is 1.02. The van der Waals surface area contributed by atoms with Gasteiger partial charge < -0.3 is 10.0 Å². The number of carbonyl (C=O) groups excluding carboxylic acids is 1. The minimum absolute atomic E-state index is 0.271. The normalized spacial score (nSPS) is 24.0. The molecule has 1 amide bonds. The zero-order chi connectivity index (χ0) is 13.3. The molecule has 2 heterocycles. The molecule has 6 nitrogen and oxygen atoms in total. The van der Waals surface area contributed by atoms with Crippen LogP contribution < -0.4 is 0 Å². The van der Waals surface area contributed by atoms with Gasteiger partial charge in [-0.1, -0.05) is 4.49 Å². The van der Waals surface area contributed by atoms with E-state index in [1.165, 1.54) is 4.90 Å². The number of nitrogens with zero attached hydrogens (tertiary/aromatic N) is 3. The van der Waals surface area contributed by atoms with E-state index in [4.69, 9.17) is 0 Å². The Hall–Kier alpha value is -1.50. The second-order valence-electron chi connectivity index (χ2n) is 4.68. The lowest BCUT2D eigenvalue weighted by molar-refractivity contribution is -0.150. The van der Waals surface area contributed by atoms with Gasteiger partial charge in [-0.2, -0.15) is 0 Å². The maximum atomic E-state index is 12.4. The number of amides is 1. The summed E-state index contributed by atoms with van der Waals surface area (Å²) in [6.07, 6.45) is 2.14. The van der Waals surface area contributed by atoms with Gasteiger partial charge in [0.05, 0.1) is 5.69 Å². The summed E-state index contributed by atoms with van der Waals surface area (Å²) in [6.45, 7) is 3.79. The minimum Gasteiger partial charge on any atom is -0.480 e. The molecule has 0 aliphatic carbocycles. The van der Waals surface area contributed by atoms with Gasteiger partial charge in [-0.25, -0.2) is 4.79 Å². The van der Waals surface area contributed by atoms with E-state index >= 15 is 0 Å². The number of aliphatic carboxylic acids is 1. The monoisotopic (exact) mass is 269 g/mol. The van der Waals surface area contributed by atoms with Crippen molar-refractivity contribution in [2.24, 2.45) is 0 Å². The van der Waals surface area contributed by atoms with Crippen molar-refractivity contribution in [3.63, 3.8) is 0 Å². The molecule has 1 atom stereocenters. The Kier molecular flexibility index (Phi) is 3.34. The average molecular weight is 269 g/mol. The molecule has 1 N–H and O–H groups in total. The Morgan fingerprint density at radius 1 is 1.44 bits per heavy atom. The van der Waals surface area contributed by atoms with Gasteiger partial charge in [0.25, 0.3) is 5.91 Å². The number of piperidine rings is 1. The van der Waals surface area contributed by atoms with Crippen molar-refractivity contribution < 1.29 is 14.7 Å². The quantitative estimate of drug-likeness (QED) is 0.875. The number of hydrogen-bond donors (Lipinski definition) is 1. The highest BCUT2D eigenvalue weighted by molar-refractivity contribution is 7.08. The van der Waals surface area contributed by atoms with Crippen LogP contribution >= 0.6 is 11.5 Å². The molecular weight excluding hydrogens is 254 g/mol. The third-order valence-electron chi connectivity index (χ3n) is 3.44. The summed E-state index contributed by atoms with van der Waals surface area (Å²) in [5.74, 6) is -1.22. The Labute approximate surface area is 109 Å². The van der Waals surface area contributed by atoms with E-state index in [0.29, 0.717) is 23.5 Å². The summed E-state index contributed by atoms with van der Waals surface area (Å²) < 4.78 is 3.73. The van der Waals surface area contributed by atoms with Gasteiger partial charge in [-0.05, 0) is 44.6 Å². The fourth-order valence-electron chi connectivity index (χ4n) is 2.22. The number of likely N-dealkylation sites (tertiary alicyclic amines) is 1. The summed E-state index contributed by atoms with van der Waals surface area (Å²) in [4.78, 5) is 25.7. The van der Waals surface area contributed by atoms with Crippen LogP contribution in [0.3, 0.4) is 0 Å². The highest BCUT2D eigenvalue weighted by atomic mass is 32.1. The SMILES string of the molecule is Cc1nnsc1C(=O)N1CCCCC1(C)C(=O)O. The van der Waals surface area contributed by atoms with Crippen molar-refractivity contribution in [3.05, 3.63) is 10.6 Å². The minimum atomic E-state index is -1.12. The highest BCUT2D eigenvalue weighted by Crippen LogP contribution is 2.30. The van der Waals surface area contributed by atoms with E-state index in [0.717, 1.165) is 24.4 Å². The number of carboxylic acid groups (broad SMARTS) is 1. The molecule has 0 saturated carbocycles. The number of aromatic nitrogens is 2. The molecule has 0 spiro atoms. The zero-order valence-corrected chi connectivity index (χ0v) is 11.2. The van der Waals surface area contributed by atoms with Gasteiger partial charge in [-0.3, -0.25) is 4.79 Å².